The number of fused-ring (bicyclic) bond motifs is 1. The maximum absolute atomic E-state index is 12.7. The summed E-state index contributed by atoms with van der Waals surface area (Å²) < 4.78 is 1.52. The Balaban J connectivity index is 1.54. The zero-order valence-electron chi connectivity index (χ0n) is 16.2. The van der Waals surface area contributed by atoms with Gasteiger partial charge in [0.15, 0.2) is 0 Å². The van der Waals surface area contributed by atoms with Gasteiger partial charge in [0.2, 0.25) is 0 Å². The molecular weight excluding hydrogens is 400 g/mol. The van der Waals surface area contributed by atoms with Crippen LogP contribution in [0.4, 0.5) is 11.4 Å². The molecule has 0 bridgehead atoms. The molecule has 6 nitrogen and oxygen atoms in total. The van der Waals surface area contributed by atoms with Gasteiger partial charge in [-0.1, -0.05) is 29.8 Å². The fraction of sp³-hybridized carbons (Fsp3) is 0.0870. The van der Waals surface area contributed by atoms with E-state index in [1.165, 1.54) is 10.5 Å². The van der Waals surface area contributed by atoms with Gasteiger partial charge < -0.3 is 10.6 Å². The summed E-state index contributed by atoms with van der Waals surface area (Å²) in [7, 11) is 0. The van der Waals surface area contributed by atoms with Crippen molar-refractivity contribution >= 4 is 34.5 Å². The molecular formula is C23H19ClN4O2. The molecule has 0 radical (unpaired) electrons. The summed E-state index contributed by atoms with van der Waals surface area (Å²) in [6, 6.07) is 19.3. The summed E-state index contributed by atoms with van der Waals surface area (Å²) in [6.07, 6.45) is 1.76. The molecule has 0 aliphatic heterocycles. The van der Waals surface area contributed by atoms with E-state index in [9.17, 15) is 9.59 Å². The Hall–Kier alpha value is -3.64. The molecule has 2 aromatic heterocycles. The van der Waals surface area contributed by atoms with Crippen LogP contribution in [0.5, 0.6) is 0 Å². The second kappa shape index (κ2) is 8.39. The third-order valence-electron chi connectivity index (χ3n) is 4.59. The third-order valence-corrected chi connectivity index (χ3v) is 4.85. The number of halogens is 1. The standard InChI is InChI=1S/C23H19ClN4O2/c1-15-6-11-21-26-18(12-22(29)28(21)14-15)13-25-20-5-3-2-4-19(20)23(30)27-17-9-7-16(24)8-10-17/h2-12,14,25H,13H2,1H3,(H,27,30). The highest BCUT2D eigenvalue weighted by Gasteiger charge is 2.12. The summed E-state index contributed by atoms with van der Waals surface area (Å²) >= 11 is 5.89. The number of benzene rings is 2. The Labute approximate surface area is 178 Å². The molecule has 0 aliphatic rings. The largest absolute Gasteiger partial charge is 0.379 e. The molecule has 0 saturated carbocycles. The van der Waals surface area contributed by atoms with Crippen LogP contribution in [0.25, 0.3) is 5.65 Å². The molecule has 0 aliphatic carbocycles. The average molecular weight is 419 g/mol. The predicted molar refractivity (Wildman–Crippen MR) is 119 cm³/mol. The number of carbonyl (C=O) groups is 1. The van der Waals surface area contributed by atoms with Gasteiger partial charge in [0, 0.05) is 28.7 Å². The van der Waals surface area contributed by atoms with Gasteiger partial charge >= 0.3 is 0 Å². The molecule has 4 rings (SSSR count). The van der Waals surface area contributed by atoms with Crippen molar-refractivity contribution in [1.82, 2.24) is 9.38 Å². The van der Waals surface area contributed by atoms with E-state index in [1.807, 2.05) is 31.2 Å². The van der Waals surface area contributed by atoms with Gasteiger partial charge in [-0.3, -0.25) is 14.0 Å². The van der Waals surface area contributed by atoms with Crippen LogP contribution < -0.4 is 16.2 Å². The number of aromatic nitrogens is 2. The lowest BCUT2D eigenvalue weighted by molar-refractivity contribution is 0.102. The molecule has 7 heteroatoms. The fourth-order valence-corrected chi connectivity index (χ4v) is 3.23. The van der Waals surface area contributed by atoms with E-state index in [4.69, 9.17) is 11.6 Å². The van der Waals surface area contributed by atoms with Gasteiger partial charge in [0.1, 0.15) is 5.65 Å². The topological polar surface area (TPSA) is 75.5 Å². The minimum Gasteiger partial charge on any atom is -0.379 e. The monoisotopic (exact) mass is 418 g/mol. The molecule has 4 aromatic rings. The first-order valence-corrected chi connectivity index (χ1v) is 9.76. The summed E-state index contributed by atoms with van der Waals surface area (Å²) in [6.45, 7) is 2.23. The summed E-state index contributed by atoms with van der Waals surface area (Å²) in [5.41, 5.74) is 3.80. The molecule has 0 saturated heterocycles. The lowest BCUT2D eigenvalue weighted by Crippen LogP contribution is -2.18. The zero-order chi connectivity index (χ0) is 21.1. The van der Waals surface area contributed by atoms with Crippen molar-refractivity contribution < 1.29 is 4.79 Å². The minimum absolute atomic E-state index is 0.144. The van der Waals surface area contributed by atoms with Crippen molar-refractivity contribution in [2.24, 2.45) is 0 Å². The highest BCUT2D eigenvalue weighted by molar-refractivity contribution is 6.30. The molecule has 1 amide bonds. The van der Waals surface area contributed by atoms with Crippen LogP contribution in [0, 0.1) is 6.92 Å². The van der Waals surface area contributed by atoms with Crippen molar-refractivity contribution in [3.63, 3.8) is 0 Å². The summed E-state index contributed by atoms with van der Waals surface area (Å²) in [5.74, 6) is -0.248. The molecule has 2 heterocycles. The highest BCUT2D eigenvalue weighted by atomic mass is 35.5. The molecule has 30 heavy (non-hydrogen) atoms. The number of anilines is 2. The Morgan fingerprint density at radius 2 is 1.83 bits per heavy atom. The maximum Gasteiger partial charge on any atom is 0.258 e. The quantitative estimate of drug-likeness (QED) is 0.499. The number of carbonyl (C=O) groups excluding carboxylic acids is 1. The number of hydrogen-bond acceptors (Lipinski definition) is 4. The van der Waals surface area contributed by atoms with Gasteiger partial charge in [0.25, 0.3) is 11.5 Å². The van der Waals surface area contributed by atoms with E-state index < -0.39 is 0 Å². The summed E-state index contributed by atoms with van der Waals surface area (Å²) in [5, 5.41) is 6.67. The molecule has 0 atom stereocenters. The van der Waals surface area contributed by atoms with Gasteiger partial charge in [-0.25, -0.2) is 4.98 Å². The van der Waals surface area contributed by atoms with Crippen LogP contribution in [0.15, 0.2) is 77.7 Å². The lowest BCUT2D eigenvalue weighted by atomic mass is 10.1. The van der Waals surface area contributed by atoms with Crippen LogP contribution >= 0.6 is 11.6 Å². The lowest BCUT2D eigenvalue weighted by Gasteiger charge is -2.12. The van der Waals surface area contributed by atoms with Crippen LogP contribution in [-0.2, 0) is 6.54 Å². The van der Waals surface area contributed by atoms with Gasteiger partial charge in [-0.15, -0.1) is 0 Å². The van der Waals surface area contributed by atoms with Gasteiger partial charge in [-0.05, 0) is 55.0 Å². The van der Waals surface area contributed by atoms with E-state index in [2.05, 4.69) is 15.6 Å². The zero-order valence-corrected chi connectivity index (χ0v) is 17.0. The first-order chi connectivity index (χ1) is 14.5. The molecule has 2 N–H and O–H groups in total. The minimum atomic E-state index is -0.248. The Kier molecular flexibility index (Phi) is 5.50. The van der Waals surface area contributed by atoms with E-state index in [-0.39, 0.29) is 11.5 Å². The number of pyridine rings is 1. The van der Waals surface area contributed by atoms with Crippen molar-refractivity contribution in [2.45, 2.75) is 13.5 Å². The van der Waals surface area contributed by atoms with E-state index in [1.54, 1.807) is 42.6 Å². The highest BCUT2D eigenvalue weighted by Crippen LogP contribution is 2.19. The molecule has 0 fully saturated rings. The second-order valence-electron chi connectivity index (χ2n) is 6.88. The molecule has 2 aromatic carbocycles. The normalized spacial score (nSPS) is 10.7. The van der Waals surface area contributed by atoms with E-state index in [0.717, 1.165) is 5.56 Å². The van der Waals surface area contributed by atoms with Gasteiger partial charge in [-0.2, -0.15) is 0 Å². The number of nitrogens with zero attached hydrogens (tertiary/aromatic N) is 2. The Morgan fingerprint density at radius 1 is 1.07 bits per heavy atom. The SMILES string of the molecule is Cc1ccc2nc(CNc3ccccc3C(=O)Nc3ccc(Cl)cc3)cc(=O)n2c1. The van der Waals surface area contributed by atoms with Crippen LogP contribution in [0.3, 0.4) is 0 Å². The molecule has 0 unspecified atom stereocenters. The van der Waals surface area contributed by atoms with Crippen molar-refractivity contribution in [3.05, 3.63) is 105 Å². The number of nitrogens with one attached hydrogen (secondary N) is 2. The number of amides is 1. The van der Waals surface area contributed by atoms with E-state index in [0.29, 0.717) is 39.8 Å². The van der Waals surface area contributed by atoms with Crippen molar-refractivity contribution in [2.75, 3.05) is 10.6 Å². The van der Waals surface area contributed by atoms with E-state index >= 15 is 0 Å². The van der Waals surface area contributed by atoms with Crippen LogP contribution in [0.2, 0.25) is 5.02 Å². The fourth-order valence-electron chi connectivity index (χ4n) is 3.10. The average Bonchev–Trinajstić information content (AvgIpc) is 2.74. The number of aryl methyl sites for hydroxylation is 1. The maximum atomic E-state index is 12.7. The second-order valence-corrected chi connectivity index (χ2v) is 7.32. The Bertz CT molecular complexity index is 1280. The molecule has 150 valence electrons. The van der Waals surface area contributed by atoms with Crippen LogP contribution in [0.1, 0.15) is 21.6 Å². The third kappa shape index (κ3) is 4.34. The summed E-state index contributed by atoms with van der Waals surface area (Å²) in [4.78, 5) is 29.7. The number of para-hydroxylation sites is 1. The van der Waals surface area contributed by atoms with Gasteiger partial charge in [0.05, 0.1) is 17.8 Å². The molecule has 0 spiro atoms. The number of hydrogen-bond donors (Lipinski definition) is 2. The first kappa shape index (κ1) is 19.7. The van der Waals surface area contributed by atoms with Crippen LogP contribution in [-0.4, -0.2) is 15.3 Å². The predicted octanol–water partition coefficient (Wildman–Crippen LogP) is 4.52. The van der Waals surface area contributed by atoms with Crippen molar-refractivity contribution in [3.8, 4) is 0 Å². The first-order valence-electron chi connectivity index (χ1n) is 9.38. The number of rotatable bonds is 5. The smallest absolute Gasteiger partial charge is 0.258 e. The Morgan fingerprint density at radius 3 is 2.63 bits per heavy atom. The van der Waals surface area contributed by atoms with Crippen molar-refractivity contribution in [1.29, 1.82) is 0 Å².